The van der Waals surface area contributed by atoms with Crippen molar-refractivity contribution < 1.29 is 4.74 Å². The highest BCUT2D eigenvalue weighted by atomic mass is 35.5. The molecule has 176 valence electrons. The molecule has 6 aromatic rings. The third kappa shape index (κ3) is 4.56. The molecule has 0 aliphatic carbocycles. The Bertz CT molecular complexity index is 1690. The van der Waals surface area contributed by atoms with E-state index in [0.717, 1.165) is 38.6 Å². The molecule has 0 bridgehead atoms. The third-order valence-corrected chi connectivity index (χ3v) is 6.28. The lowest BCUT2D eigenvalue weighted by Gasteiger charge is -2.12. The highest BCUT2D eigenvalue weighted by Crippen LogP contribution is 2.33. The standard InChI is InChI=1S/C28H21ClN6O/c29-25-12-13-27(36-19-35-18-30-32-33-35)28-24(25)14-15-34(28)17-21-5-3-4-20(16-21)8-10-23-11-9-22-6-1-2-7-26(22)31-23/h1-16,18H,17,19H2/b10-8+. The number of hydrogen-bond donors (Lipinski definition) is 0. The number of aromatic nitrogens is 6. The molecule has 3 aromatic heterocycles. The van der Waals surface area contributed by atoms with E-state index in [4.69, 9.17) is 21.3 Å². The maximum absolute atomic E-state index is 6.48. The van der Waals surface area contributed by atoms with E-state index in [1.807, 2.05) is 54.7 Å². The Hall–Kier alpha value is -4.49. The van der Waals surface area contributed by atoms with Crippen LogP contribution in [-0.4, -0.2) is 29.8 Å². The van der Waals surface area contributed by atoms with Gasteiger partial charge >= 0.3 is 0 Å². The monoisotopic (exact) mass is 492 g/mol. The first kappa shape index (κ1) is 22.0. The van der Waals surface area contributed by atoms with Crippen LogP contribution in [0.5, 0.6) is 5.75 Å². The average molecular weight is 493 g/mol. The molecule has 6 rings (SSSR count). The molecule has 0 saturated carbocycles. The van der Waals surface area contributed by atoms with Crippen LogP contribution in [0.4, 0.5) is 0 Å². The van der Waals surface area contributed by atoms with Gasteiger partial charge in [0, 0.05) is 23.5 Å². The summed E-state index contributed by atoms with van der Waals surface area (Å²) < 4.78 is 9.68. The van der Waals surface area contributed by atoms with Crippen LogP contribution in [0.15, 0.2) is 91.4 Å². The van der Waals surface area contributed by atoms with Gasteiger partial charge in [0.1, 0.15) is 12.1 Å². The molecule has 7 nitrogen and oxygen atoms in total. The number of hydrogen-bond acceptors (Lipinski definition) is 5. The van der Waals surface area contributed by atoms with Crippen LogP contribution in [0.1, 0.15) is 16.8 Å². The lowest BCUT2D eigenvalue weighted by molar-refractivity contribution is 0.220. The van der Waals surface area contributed by atoms with Gasteiger partial charge in [0.15, 0.2) is 6.73 Å². The van der Waals surface area contributed by atoms with Crippen LogP contribution >= 0.6 is 11.6 Å². The maximum Gasteiger partial charge on any atom is 0.184 e. The molecule has 0 amide bonds. The zero-order valence-corrected chi connectivity index (χ0v) is 20.0. The van der Waals surface area contributed by atoms with Gasteiger partial charge in [0.2, 0.25) is 0 Å². The van der Waals surface area contributed by atoms with Crippen LogP contribution in [0, 0.1) is 0 Å². The molecule has 8 heteroatoms. The fraction of sp³-hybridized carbons (Fsp3) is 0.0714. The fourth-order valence-corrected chi connectivity index (χ4v) is 4.44. The summed E-state index contributed by atoms with van der Waals surface area (Å²) in [5.74, 6) is 0.716. The molecule has 3 heterocycles. The maximum atomic E-state index is 6.48. The van der Waals surface area contributed by atoms with Crippen molar-refractivity contribution in [3.8, 4) is 5.75 Å². The summed E-state index contributed by atoms with van der Waals surface area (Å²) in [4.78, 5) is 4.73. The molecule has 0 N–H and O–H groups in total. The van der Waals surface area contributed by atoms with E-state index in [-0.39, 0.29) is 6.73 Å². The van der Waals surface area contributed by atoms with Gasteiger partial charge in [-0.1, -0.05) is 60.1 Å². The minimum Gasteiger partial charge on any atom is -0.469 e. The van der Waals surface area contributed by atoms with Gasteiger partial charge in [0.25, 0.3) is 0 Å². The number of benzene rings is 3. The van der Waals surface area contributed by atoms with Gasteiger partial charge in [-0.15, -0.1) is 5.10 Å². The van der Waals surface area contributed by atoms with Crippen molar-refractivity contribution in [3.05, 3.63) is 113 Å². The first-order valence-electron chi connectivity index (χ1n) is 11.5. The van der Waals surface area contributed by atoms with E-state index in [1.165, 1.54) is 11.0 Å². The number of ether oxygens (including phenoxy) is 1. The van der Waals surface area contributed by atoms with E-state index >= 15 is 0 Å². The second kappa shape index (κ2) is 9.64. The summed E-state index contributed by atoms with van der Waals surface area (Å²) in [5.41, 5.74) is 5.11. The second-order valence-electron chi connectivity index (χ2n) is 8.38. The Balaban J connectivity index is 1.25. The zero-order chi connectivity index (χ0) is 24.3. The van der Waals surface area contributed by atoms with Crippen molar-refractivity contribution in [1.29, 1.82) is 0 Å². The molecular formula is C28H21ClN6O. The molecule has 36 heavy (non-hydrogen) atoms. The molecule has 3 aromatic carbocycles. The Morgan fingerprint density at radius 3 is 2.78 bits per heavy atom. The number of tetrazole rings is 1. The van der Waals surface area contributed by atoms with Crippen LogP contribution in [0.2, 0.25) is 5.02 Å². The molecule has 0 aliphatic rings. The Morgan fingerprint density at radius 1 is 0.917 bits per heavy atom. The van der Waals surface area contributed by atoms with Crippen molar-refractivity contribution in [2.75, 3.05) is 0 Å². The molecule has 0 spiro atoms. The summed E-state index contributed by atoms with van der Waals surface area (Å²) in [5, 5.41) is 13.9. The topological polar surface area (TPSA) is 70.7 Å². The van der Waals surface area contributed by atoms with E-state index < -0.39 is 0 Å². The summed E-state index contributed by atoms with van der Waals surface area (Å²) >= 11 is 6.48. The van der Waals surface area contributed by atoms with Gasteiger partial charge < -0.3 is 9.30 Å². The zero-order valence-electron chi connectivity index (χ0n) is 19.2. The van der Waals surface area contributed by atoms with E-state index in [9.17, 15) is 0 Å². The second-order valence-corrected chi connectivity index (χ2v) is 8.79. The Kier molecular flexibility index (Phi) is 5.89. The summed E-state index contributed by atoms with van der Waals surface area (Å²) in [6, 6.07) is 26.4. The van der Waals surface area contributed by atoms with Gasteiger partial charge in [-0.3, -0.25) is 0 Å². The van der Waals surface area contributed by atoms with Crippen molar-refractivity contribution in [2.45, 2.75) is 13.3 Å². The predicted molar refractivity (Wildman–Crippen MR) is 142 cm³/mol. The smallest absolute Gasteiger partial charge is 0.184 e. The van der Waals surface area contributed by atoms with Gasteiger partial charge in [-0.05, 0) is 64.0 Å². The molecular weight excluding hydrogens is 472 g/mol. The molecule has 0 atom stereocenters. The summed E-state index contributed by atoms with van der Waals surface area (Å²) in [6.07, 6.45) is 7.67. The van der Waals surface area contributed by atoms with E-state index in [1.54, 1.807) is 0 Å². The van der Waals surface area contributed by atoms with Crippen molar-refractivity contribution in [2.24, 2.45) is 0 Å². The van der Waals surface area contributed by atoms with Gasteiger partial charge in [0.05, 0.1) is 21.7 Å². The van der Waals surface area contributed by atoms with Crippen LogP contribution < -0.4 is 4.74 Å². The summed E-state index contributed by atoms with van der Waals surface area (Å²) in [6.45, 7) is 0.874. The predicted octanol–water partition coefficient (Wildman–Crippen LogP) is 6.08. The highest BCUT2D eigenvalue weighted by Gasteiger charge is 2.12. The molecule has 0 fully saturated rings. The highest BCUT2D eigenvalue weighted by molar-refractivity contribution is 6.35. The van der Waals surface area contributed by atoms with Crippen molar-refractivity contribution in [3.63, 3.8) is 0 Å². The Morgan fingerprint density at radius 2 is 1.86 bits per heavy atom. The van der Waals surface area contributed by atoms with Gasteiger partial charge in [-0.25, -0.2) is 4.98 Å². The first-order valence-corrected chi connectivity index (χ1v) is 11.8. The Labute approximate surface area is 212 Å². The van der Waals surface area contributed by atoms with E-state index in [0.29, 0.717) is 17.3 Å². The number of pyridine rings is 1. The van der Waals surface area contributed by atoms with Crippen LogP contribution in [0.25, 0.3) is 34.0 Å². The molecule has 0 unspecified atom stereocenters. The van der Waals surface area contributed by atoms with Crippen molar-refractivity contribution >= 4 is 45.6 Å². The minimum atomic E-state index is 0.206. The lowest BCUT2D eigenvalue weighted by atomic mass is 10.1. The average Bonchev–Trinajstić information content (AvgIpc) is 3.58. The van der Waals surface area contributed by atoms with Gasteiger partial charge in [-0.2, -0.15) is 4.68 Å². The van der Waals surface area contributed by atoms with Crippen molar-refractivity contribution in [1.82, 2.24) is 29.8 Å². The number of fused-ring (bicyclic) bond motifs is 2. The van der Waals surface area contributed by atoms with Crippen LogP contribution in [-0.2, 0) is 13.3 Å². The SMILES string of the molecule is Clc1ccc(OCn2cnnn2)c2c1ccn2Cc1cccc(/C=C/c2ccc3ccccc3n2)c1. The number of rotatable bonds is 7. The number of para-hydroxylation sites is 1. The lowest BCUT2D eigenvalue weighted by Crippen LogP contribution is -2.07. The molecule has 0 radical (unpaired) electrons. The van der Waals surface area contributed by atoms with Crippen LogP contribution in [0.3, 0.4) is 0 Å². The number of nitrogens with zero attached hydrogens (tertiary/aromatic N) is 6. The molecule has 0 saturated heterocycles. The first-order chi connectivity index (χ1) is 17.7. The third-order valence-electron chi connectivity index (χ3n) is 5.95. The number of halogens is 1. The van der Waals surface area contributed by atoms with E-state index in [2.05, 4.69) is 62.6 Å². The minimum absolute atomic E-state index is 0.206. The fourth-order valence-electron chi connectivity index (χ4n) is 4.23. The quantitative estimate of drug-likeness (QED) is 0.270. The molecule has 0 aliphatic heterocycles. The summed E-state index contributed by atoms with van der Waals surface area (Å²) in [7, 11) is 0. The normalized spacial score (nSPS) is 11.6. The largest absolute Gasteiger partial charge is 0.469 e.